The van der Waals surface area contributed by atoms with Crippen LogP contribution < -0.4 is 5.73 Å². The van der Waals surface area contributed by atoms with E-state index in [9.17, 15) is 10.1 Å². The molecule has 4 nitrogen and oxygen atoms in total. The Morgan fingerprint density at radius 1 is 1.00 bits per heavy atom. The fraction of sp³-hybridized carbons (Fsp3) is 0. The molecule has 18 heavy (non-hydrogen) atoms. The van der Waals surface area contributed by atoms with Crippen molar-refractivity contribution < 1.29 is 4.92 Å². The average Bonchev–Trinajstić information content (AvgIpc) is 2.38. The van der Waals surface area contributed by atoms with Gasteiger partial charge < -0.3 is 5.73 Å². The molecule has 4 heteroatoms. The molecule has 0 aromatic heterocycles. The summed E-state index contributed by atoms with van der Waals surface area (Å²) in [6, 6.07) is 14.0. The summed E-state index contributed by atoms with van der Waals surface area (Å²) in [7, 11) is 0. The lowest BCUT2D eigenvalue weighted by atomic mass is 10.1. The lowest BCUT2D eigenvalue weighted by Gasteiger charge is -1.96. The largest absolute Gasteiger partial charge is 0.393 e. The van der Waals surface area contributed by atoms with E-state index in [0.717, 1.165) is 5.56 Å². The van der Waals surface area contributed by atoms with Crippen LogP contribution in [0.2, 0.25) is 0 Å². The molecule has 0 aliphatic rings. The van der Waals surface area contributed by atoms with Gasteiger partial charge in [0.1, 0.15) is 5.69 Å². The van der Waals surface area contributed by atoms with E-state index in [1.807, 2.05) is 30.3 Å². The van der Waals surface area contributed by atoms with Gasteiger partial charge in [0.2, 0.25) is 0 Å². The number of benzene rings is 2. The number of hydrogen-bond donors (Lipinski definition) is 1. The minimum atomic E-state index is -0.511. The first-order valence-electron chi connectivity index (χ1n) is 5.28. The number of nitro benzene ring substituents is 1. The molecular formula is C14H10N2O2. The predicted molar refractivity (Wildman–Crippen MR) is 69.9 cm³/mol. The van der Waals surface area contributed by atoms with Crippen molar-refractivity contribution in [3.8, 4) is 11.8 Å². The number of nitrogen functional groups attached to an aromatic ring is 1. The van der Waals surface area contributed by atoms with Gasteiger partial charge in [-0.2, -0.15) is 0 Å². The third kappa shape index (κ3) is 2.66. The van der Waals surface area contributed by atoms with E-state index in [-0.39, 0.29) is 11.4 Å². The number of nitrogens with zero attached hydrogens (tertiary/aromatic N) is 1. The Labute approximate surface area is 104 Å². The van der Waals surface area contributed by atoms with E-state index in [2.05, 4.69) is 11.8 Å². The van der Waals surface area contributed by atoms with Crippen LogP contribution in [0.3, 0.4) is 0 Å². The second-order valence-electron chi connectivity index (χ2n) is 3.65. The summed E-state index contributed by atoms with van der Waals surface area (Å²) in [6.07, 6.45) is 0. The van der Waals surface area contributed by atoms with Gasteiger partial charge in [0, 0.05) is 17.2 Å². The second kappa shape index (κ2) is 5.02. The van der Waals surface area contributed by atoms with Crippen LogP contribution in [0.15, 0.2) is 48.5 Å². The molecule has 2 rings (SSSR count). The molecule has 0 aliphatic carbocycles. The Morgan fingerprint density at radius 3 is 2.33 bits per heavy atom. The Balaban J connectivity index is 2.34. The average molecular weight is 238 g/mol. The van der Waals surface area contributed by atoms with Crippen molar-refractivity contribution in [3.05, 3.63) is 69.8 Å². The van der Waals surface area contributed by atoms with Crippen LogP contribution in [-0.2, 0) is 0 Å². The van der Waals surface area contributed by atoms with E-state index >= 15 is 0 Å². The number of rotatable bonds is 1. The first-order chi connectivity index (χ1) is 8.66. The monoisotopic (exact) mass is 238 g/mol. The molecule has 0 atom stereocenters. The third-order valence-corrected chi connectivity index (χ3v) is 2.35. The zero-order chi connectivity index (χ0) is 13.0. The van der Waals surface area contributed by atoms with Crippen LogP contribution in [0.5, 0.6) is 0 Å². The van der Waals surface area contributed by atoms with Crippen molar-refractivity contribution in [1.29, 1.82) is 0 Å². The topological polar surface area (TPSA) is 69.2 Å². The molecule has 0 fully saturated rings. The molecular weight excluding hydrogens is 228 g/mol. The molecule has 2 aromatic carbocycles. The first kappa shape index (κ1) is 11.7. The van der Waals surface area contributed by atoms with Crippen LogP contribution in [0.1, 0.15) is 11.1 Å². The third-order valence-electron chi connectivity index (χ3n) is 2.35. The molecule has 0 spiro atoms. The van der Waals surface area contributed by atoms with Crippen molar-refractivity contribution in [1.82, 2.24) is 0 Å². The van der Waals surface area contributed by atoms with E-state index in [1.54, 1.807) is 6.07 Å². The van der Waals surface area contributed by atoms with Crippen molar-refractivity contribution in [3.63, 3.8) is 0 Å². The molecule has 88 valence electrons. The maximum absolute atomic E-state index is 10.7. The molecule has 0 heterocycles. The lowest BCUT2D eigenvalue weighted by Crippen LogP contribution is -1.95. The quantitative estimate of drug-likeness (QED) is 0.359. The smallest absolute Gasteiger partial charge is 0.293 e. The van der Waals surface area contributed by atoms with Gasteiger partial charge in [-0.15, -0.1) is 0 Å². The SMILES string of the molecule is Nc1ccc(C#Cc2ccccc2)cc1[N+](=O)[O-]. The Morgan fingerprint density at radius 2 is 1.67 bits per heavy atom. The summed E-state index contributed by atoms with van der Waals surface area (Å²) in [6.45, 7) is 0. The van der Waals surface area contributed by atoms with Crippen molar-refractivity contribution in [2.24, 2.45) is 0 Å². The summed E-state index contributed by atoms with van der Waals surface area (Å²) < 4.78 is 0. The predicted octanol–water partition coefficient (Wildman–Crippen LogP) is 2.58. The molecule has 0 amide bonds. The molecule has 0 aliphatic heterocycles. The number of nitro groups is 1. The fourth-order valence-corrected chi connectivity index (χ4v) is 1.45. The van der Waals surface area contributed by atoms with Gasteiger partial charge in [-0.25, -0.2) is 0 Å². The highest BCUT2D eigenvalue weighted by Crippen LogP contribution is 2.21. The van der Waals surface area contributed by atoms with Crippen LogP contribution in [0.25, 0.3) is 0 Å². The highest BCUT2D eigenvalue weighted by Gasteiger charge is 2.10. The van der Waals surface area contributed by atoms with Gasteiger partial charge in [0.15, 0.2) is 0 Å². The fourth-order valence-electron chi connectivity index (χ4n) is 1.45. The number of hydrogen-bond acceptors (Lipinski definition) is 3. The Kier molecular flexibility index (Phi) is 3.26. The molecule has 0 saturated heterocycles. The van der Waals surface area contributed by atoms with Crippen molar-refractivity contribution >= 4 is 11.4 Å². The first-order valence-corrected chi connectivity index (χ1v) is 5.28. The molecule has 0 saturated carbocycles. The highest BCUT2D eigenvalue weighted by atomic mass is 16.6. The summed E-state index contributed by atoms with van der Waals surface area (Å²) in [5.74, 6) is 5.81. The van der Waals surface area contributed by atoms with Gasteiger partial charge in [-0.1, -0.05) is 30.0 Å². The summed E-state index contributed by atoms with van der Waals surface area (Å²) in [5.41, 5.74) is 6.96. The highest BCUT2D eigenvalue weighted by molar-refractivity contribution is 5.61. The van der Waals surface area contributed by atoms with Crippen LogP contribution in [0.4, 0.5) is 11.4 Å². The van der Waals surface area contributed by atoms with E-state index < -0.39 is 4.92 Å². The normalized spacial score (nSPS) is 9.33. The zero-order valence-electron chi connectivity index (χ0n) is 9.46. The minimum Gasteiger partial charge on any atom is -0.393 e. The van der Waals surface area contributed by atoms with Crippen LogP contribution >= 0.6 is 0 Å². The number of anilines is 1. The van der Waals surface area contributed by atoms with Gasteiger partial charge >= 0.3 is 0 Å². The van der Waals surface area contributed by atoms with Gasteiger partial charge in [-0.3, -0.25) is 10.1 Å². The minimum absolute atomic E-state index is 0.116. The molecule has 0 bridgehead atoms. The summed E-state index contributed by atoms with van der Waals surface area (Å²) >= 11 is 0. The van der Waals surface area contributed by atoms with E-state index in [1.165, 1.54) is 12.1 Å². The van der Waals surface area contributed by atoms with Gasteiger partial charge in [0.05, 0.1) is 4.92 Å². The van der Waals surface area contributed by atoms with Crippen molar-refractivity contribution in [2.75, 3.05) is 5.73 Å². The van der Waals surface area contributed by atoms with Gasteiger partial charge in [-0.05, 0) is 24.3 Å². The lowest BCUT2D eigenvalue weighted by molar-refractivity contribution is -0.383. The van der Waals surface area contributed by atoms with E-state index in [4.69, 9.17) is 5.73 Å². The Bertz CT molecular complexity index is 640. The standard InChI is InChI=1S/C14H10N2O2/c15-13-9-8-12(10-14(13)16(17)18)7-6-11-4-2-1-3-5-11/h1-5,8-10H,15H2. The maximum atomic E-state index is 10.7. The molecule has 0 radical (unpaired) electrons. The molecule has 0 unspecified atom stereocenters. The molecule has 2 N–H and O–H groups in total. The number of nitrogens with two attached hydrogens (primary N) is 1. The van der Waals surface area contributed by atoms with Crippen LogP contribution in [-0.4, -0.2) is 4.92 Å². The Hall–Kier alpha value is -2.80. The molecule has 2 aromatic rings. The van der Waals surface area contributed by atoms with Crippen LogP contribution in [0, 0.1) is 22.0 Å². The zero-order valence-corrected chi connectivity index (χ0v) is 9.46. The second-order valence-corrected chi connectivity index (χ2v) is 3.65. The van der Waals surface area contributed by atoms with Crippen molar-refractivity contribution in [2.45, 2.75) is 0 Å². The summed E-state index contributed by atoms with van der Waals surface area (Å²) in [5, 5.41) is 10.7. The van der Waals surface area contributed by atoms with E-state index in [0.29, 0.717) is 5.56 Å². The maximum Gasteiger partial charge on any atom is 0.293 e. The summed E-state index contributed by atoms with van der Waals surface area (Å²) in [4.78, 5) is 10.2. The van der Waals surface area contributed by atoms with Gasteiger partial charge in [0.25, 0.3) is 5.69 Å².